The Balaban J connectivity index is 1.88. The zero-order chi connectivity index (χ0) is 17.0. The number of benzene rings is 1. The third-order valence-corrected chi connectivity index (χ3v) is 4.58. The summed E-state index contributed by atoms with van der Waals surface area (Å²) < 4.78 is 0. The second-order valence-electron chi connectivity index (χ2n) is 7.48. The Labute approximate surface area is 138 Å². The number of carbonyl (C=O) groups is 2. The van der Waals surface area contributed by atoms with E-state index in [2.05, 4.69) is 25.7 Å². The van der Waals surface area contributed by atoms with E-state index in [9.17, 15) is 9.59 Å². The van der Waals surface area contributed by atoms with Gasteiger partial charge in [0.05, 0.1) is 5.92 Å². The summed E-state index contributed by atoms with van der Waals surface area (Å²) in [5.74, 6) is -0.883. The number of hydrogen-bond acceptors (Lipinski definition) is 3. The van der Waals surface area contributed by atoms with E-state index in [1.54, 1.807) is 0 Å². The Morgan fingerprint density at radius 1 is 1.22 bits per heavy atom. The molecule has 0 spiro atoms. The molecule has 1 aliphatic rings. The molecule has 1 aliphatic heterocycles. The van der Waals surface area contributed by atoms with Crippen molar-refractivity contribution >= 4 is 11.8 Å². The predicted molar refractivity (Wildman–Crippen MR) is 90.9 cm³/mol. The number of ketones is 1. The van der Waals surface area contributed by atoms with Gasteiger partial charge in [0.1, 0.15) is 0 Å². The lowest BCUT2D eigenvalue weighted by molar-refractivity contribution is -0.143. The number of hydrogen-bond donors (Lipinski definition) is 1. The molecule has 2 rings (SSSR count). The first-order valence-corrected chi connectivity index (χ1v) is 8.36. The molecule has 1 fully saturated rings. The molecular formula is C19H27NO3. The number of aliphatic carboxylic acids is 1. The zero-order valence-corrected chi connectivity index (χ0v) is 14.3. The van der Waals surface area contributed by atoms with Crippen molar-refractivity contribution in [3.8, 4) is 0 Å². The molecule has 0 aromatic heterocycles. The van der Waals surface area contributed by atoms with Crippen molar-refractivity contribution < 1.29 is 14.7 Å². The van der Waals surface area contributed by atoms with Crippen LogP contribution in [0.15, 0.2) is 24.3 Å². The van der Waals surface area contributed by atoms with Crippen molar-refractivity contribution in [3.05, 3.63) is 35.4 Å². The van der Waals surface area contributed by atoms with Gasteiger partial charge >= 0.3 is 5.97 Å². The third kappa shape index (κ3) is 4.90. The lowest BCUT2D eigenvalue weighted by Crippen LogP contribution is -2.39. The summed E-state index contributed by atoms with van der Waals surface area (Å²) in [6.07, 6.45) is 2.08. The number of nitrogens with zero attached hydrogens (tertiary/aromatic N) is 1. The van der Waals surface area contributed by atoms with Crippen molar-refractivity contribution in [2.75, 3.05) is 19.6 Å². The summed E-state index contributed by atoms with van der Waals surface area (Å²) >= 11 is 0. The van der Waals surface area contributed by atoms with E-state index in [0.717, 1.165) is 24.9 Å². The molecule has 1 heterocycles. The van der Waals surface area contributed by atoms with Gasteiger partial charge in [-0.15, -0.1) is 0 Å². The van der Waals surface area contributed by atoms with E-state index in [4.69, 9.17) is 5.11 Å². The molecule has 1 unspecified atom stereocenters. The summed E-state index contributed by atoms with van der Waals surface area (Å²) in [7, 11) is 0. The van der Waals surface area contributed by atoms with Gasteiger partial charge in [-0.25, -0.2) is 0 Å². The number of carboxylic acid groups (broad SMARTS) is 1. The molecule has 1 N–H and O–H groups in total. The molecule has 1 aromatic carbocycles. The quantitative estimate of drug-likeness (QED) is 0.846. The Kier molecular flexibility index (Phi) is 5.58. The van der Waals surface area contributed by atoms with Crippen LogP contribution in [0.5, 0.6) is 0 Å². The van der Waals surface area contributed by atoms with Gasteiger partial charge in [0, 0.05) is 25.1 Å². The lowest BCUT2D eigenvalue weighted by Gasteiger charge is -2.30. The lowest BCUT2D eigenvalue weighted by atomic mass is 9.86. The van der Waals surface area contributed by atoms with Gasteiger partial charge in [-0.3, -0.25) is 9.59 Å². The molecule has 1 aromatic rings. The third-order valence-electron chi connectivity index (χ3n) is 4.58. The van der Waals surface area contributed by atoms with Crippen molar-refractivity contribution in [2.24, 2.45) is 5.92 Å². The van der Waals surface area contributed by atoms with Crippen LogP contribution < -0.4 is 0 Å². The van der Waals surface area contributed by atoms with E-state index in [1.165, 1.54) is 5.56 Å². The number of rotatable bonds is 5. The number of carbonyl (C=O) groups excluding carboxylic acids is 1. The minimum atomic E-state index is -0.723. The minimum Gasteiger partial charge on any atom is -0.481 e. The normalized spacial score (nSPS) is 19.5. The van der Waals surface area contributed by atoms with E-state index < -0.39 is 5.97 Å². The molecule has 1 saturated heterocycles. The Hall–Kier alpha value is -1.68. The number of piperidine rings is 1. The first-order chi connectivity index (χ1) is 10.8. The van der Waals surface area contributed by atoms with Gasteiger partial charge < -0.3 is 10.0 Å². The topological polar surface area (TPSA) is 57.6 Å². The first kappa shape index (κ1) is 17.7. The van der Waals surface area contributed by atoms with E-state index in [-0.39, 0.29) is 17.1 Å². The number of carboxylic acids is 1. The molecule has 4 nitrogen and oxygen atoms in total. The highest BCUT2D eigenvalue weighted by Crippen LogP contribution is 2.23. The number of Topliss-reactive ketones (excluding diaryl/α,β-unsaturated/α-hetero) is 1. The van der Waals surface area contributed by atoms with Crippen molar-refractivity contribution in [1.82, 2.24) is 4.90 Å². The standard InChI is InChI=1S/C19H27NO3/c1-19(2,3)16-8-6-14(7-9-16)17(21)10-12-20-11-4-5-15(13-20)18(22)23/h6-9,15H,4-5,10-13H2,1-3H3,(H,22,23). The number of likely N-dealkylation sites (tertiary alicyclic amines) is 1. The van der Waals surface area contributed by atoms with Crippen LogP contribution in [0.3, 0.4) is 0 Å². The van der Waals surface area contributed by atoms with Crippen molar-refractivity contribution in [2.45, 2.75) is 45.4 Å². The molecular weight excluding hydrogens is 290 g/mol. The SMILES string of the molecule is CC(C)(C)c1ccc(C(=O)CCN2CCCC(C(=O)O)C2)cc1. The monoisotopic (exact) mass is 317 g/mol. The van der Waals surface area contributed by atoms with Crippen molar-refractivity contribution in [3.63, 3.8) is 0 Å². The summed E-state index contributed by atoms with van der Waals surface area (Å²) in [4.78, 5) is 25.5. The highest BCUT2D eigenvalue weighted by molar-refractivity contribution is 5.96. The van der Waals surface area contributed by atoms with Gasteiger partial charge in [0.25, 0.3) is 0 Å². The summed E-state index contributed by atoms with van der Waals surface area (Å²) in [5.41, 5.74) is 2.04. The second-order valence-corrected chi connectivity index (χ2v) is 7.48. The van der Waals surface area contributed by atoms with Crippen LogP contribution >= 0.6 is 0 Å². The maximum absolute atomic E-state index is 12.3. The fourth-order valence-electron chi connectivity index (χ4n) is 3.02. The van der Waals surface area contributed by atoms with Gasteiger partial charge in [0.15, 0.2) is 5.78 Å². The van der Waals surface area contributed by atoms with Crippen LogP contribution in [0.4, 0.5) is 0 Å². The van der Waals surface area contributed by atoms with Crippen LogP contribution in [0.1, 0.15) is 56.0 Å². The molecule has 23 heavy (non-hydrogen) atoms. The van der Waals surface area contributed by atoms with Gasteiger partial charge in [-0.2, -0.15) is 0 Å². The average Bonchev–Trinajstić information content (AvgIpc) is 2.52. The smallest absolute Gasteiger partial charge is 0.307 e. The fourth-order valence-corrected chi connectivity index (χ4v) is 3.02. The van der Waals surface area contributed by atoms with Crippen LogP contribution in [0.2, 0.25) is 0 Å². The highest BCUT2D eigenvalue weighted by Gasteiger charge is 2.25. The van der Waals surface area contributed by atoms with Crippen LogP contribution in [0, 0.1) is 5.92 Å². The molecule has 4 heteroatoms. The molecule has 0 radical (unpaired) electrons. The van der Waals surface area contributed by atoms with Gasteiger partial charge in [-0.1, -0.05) is 45.0 Å². The van der Waals surface area contributed by atoms with Crippen molar-refractivity contribution in [1.29, 1.82) is 0 Å². The maximum Gasteiger partial charge on any atom is 0.307 e. The average molecular weight is 317 g/mol. The van der Waals surface area contributed by atoms with Gasteiger partial charge in [-0.05, 0) is 30.4 Å². The zero-order valence-electron chi connectivity index (χ0n) is 14.3. The summed E-state index contributed by atoms with van der Waals surface area (Å²) in [6, 6.07) is 7.85. The van der Waals surface area contributed by atoms with Crippen LogP contribution in [0.25, 0.3) is 0 Å². The Bertz CT molecular complexity index is 557. The highest BCUT2D eigenvalue weighted by atomic mass is 16.4. The van der Waals surface area contributed by atoms with Crippen LogP contribution in [-0.4, -0.2) is 41.4 Å². The Morgan fingerprint density at radius 3 is 2.43 bits per heavy atom. The van der Waals surface area contributed by atoms with E-state index in [0.29, 0.717) is 19.5 Å². The molecule has 0 aliphatic carbocycles. The summed E-state index contributed by atoms with van der Waals surface area (Å²) in [5, 5.41) is 9.11. The molecule has 1 atom stereocenters. The largest absolute Gasteiger partial charge is 0.481 e. The Morgan fingerprint density at radius 2 is 1.87 bits per heavy atom. The molecule has 0 saturated carbocycles. The van der Waals surface area contributed by atoms with E-state index in [1.807, 2.05) is 24.3 Å². The summed E-state index contributed by atoms with van der Waals surface area (Å²) in [6.45, 7) is 8.55. The maximum atomic E-state index is 12.3. The van der Waals surface area contributed by atoms with Crippen LogP contribution in [-0.2, 0) is 10.2 Å². The minimum absolute atomic E-state index is 0.0845. The second kappa shape index (κ2) is 7.26. The molecule has 126 valence electrons. The molecule has 0 amide bonds. The molecule has 0 bridgehead atoms. The fraction of sp³-hybridized carbons (Fsp3) is 0.579. The van der Waals surface area contributed by atoms with E-state index >= 15 is 0 Å². The first-order valence-electron chi connectivity index (χ1n) is 8.36. The predicted octanol–water partition coefficient (Wildman–Crippen LogP) is 3.35. The van der Waals surface area contributed by atoms with Gasteiger partial charge in [0.2, 0.25) is 0 Å².